The number of amidine groups is 1. The summed E-state index contributed by atoms with van der Waals surface area (Å²) in [7, 11) is 0. The lowest BCUT2D eigenvalue weighted by Gasteiger charge is -2.28. The van der Waals surface area contributed by atoms with Crippen molar-refractivity contribution in [2.75, 3.05) is 11.4 Å². The van der Waals surface area contributed by atoms with E-state index in [1.165, 1.54) is 0 Å². The van der Waals surface area contributed by atoms with Gasteiger partial charge in [0.05, 0.1) is 11.9 Å². The molecule has 1 rings (SSSR count). The van der Waals surface area contributed by atoms with E-state index in [4.69, 9.17) is 11.1 Å². The van der Waals surface area contributed by atoms with Crippen LogP contribution in [-0.2, 0) is 0 Å². The van der Waals surface area contributed by atoms with Gasteiger partial charge in [0.1, 0.15) is 11.5 Å². The van der Waals surface area contributed by atoms with Crippen molar-refractivity contribution in [3.63, 3.8) is 0 Å². The number of nitrogens with one attached hydrogen (secondary N) is 1. The molecule has 3 N–H and O–H groups in total. The van der Waals surface area contributed by atoms with Crippen LogP contribution in [0.15, 0.2) is 18.3 Å². The molecule has 0 aromatic carbocycles. The van der Waals surface area contributed by atoms with Gasteiger partial charge >= 0.3 is 0 Å². The third kappa shape index (κ3) is 2.95. The minimum atomic E-state index is 0.0122. The Bertz CT molecular complexity index is 343. The highest BCUT2D eigenvalue weighted by molar-refractivity contribution is 5.93. The number of nitrogens with zero attached hydrogens (tertiary/aromatic N) is 2. The lowest BCUT2D eigenvalue weighted by atomic mass is 10.2. The molecule has 1 aromatic rings. The van der Waals surface area contributed by atoms with Gasteiger partial charge in [0.2, 0.25) is 0 Å². The number of anilines is 1. The average Bonchev–Trinajstić information content (AvgIpc) is 2.25. The first-order valence-electron chi connectivity index (χ1n) is 5.63. The van der Waals surface area contributed by atoms with Gasteiger partial charge in [-0.2, -0.15) is 0 Å². The van der Waals surface area contributed by atoms with Gasteiger partial charge in [0, 0.05) is 12.6 Å². The molecule has 0 saturated carbocycles. The van der Waals surface area contributed by atoms with Crippen molar-refractivity contribution in [3.05, 3.63) is 24.0 Å². The molecule has 0 aliphatic heterocycles. The summed E-state index contributed by atoms with van der Waals surface area (Å²) in [6.45, 7) is 7.49. The molecular formula is C12H20N4. The van der Waals surface area contributed by atoms with Crippen LogP contribution in [0.25, 0.3) is 0 Å². The summed E-state index contributed by atoms with van der Waals surface area (Å²) in [6, 6.07) is 4.21. The van der Waals surface area contributed by atoms with Crippen LogP contribution in [0.3, 0.4) is 0 Å². The van der Waals surface area contributed by atoms with E-state index in [9.17, 15) is 0 Å². The first-order chi connectivity index (χ1) is 7.56. The van der Waals surface area contributed by atoms with Crippen LogP contribution >= 0.6 is 0 Å². The lowest BCUT2D eigenvalue weighted by Crippen LogP contribution is -2.31. The van der Waals surface area contributed by atoms with Crippen molar-refractivity contribution in [1.29, 1.82) is 5.41 Å². The maximum atomic E-state index is 7.28. The fourth-order valence-corrected chi connectivity index (χ4v) is 1.64. The van der Waals surface area contributed by atoms with Crippen molar-refractivity contribution in [2.24, 2.45) is 5.73 Å². The highest BCUT2D eigenvalue weighted by atomic mass is 15.2. The van der Waals surface area contributed by atoms with Gasteiger partial charge in [-0.3, -0.25) is 10.4 Å². The van der Waals surface area contributed by atoms with Crippen LogP contribution in [-0.4, -0.2) is 23.4 Å². The molecule has 0 radical (unpaired) electrons. The first kappa shape index (κ1) is 12.5. The summed E-state index contributed by atoms with van der Waals surface area (Å²) in [5, 5.41) is 7.28. The third-order valence-electron chi connectivity index (χ3n) is 2.44. The molecule has 1 heterocycles. The highest BCUT2D eigenvalue weighted by Gasteiger charge is 2.09. The number of aromatic nitrogens is 1. The Morgan fingerprint density at radius 3 is 2.56 bits per heavy atom. The molecule has 0 bridgehead atoms. The molecule has 1 aromatic heterocycles. The van der Waals surface area contributed by atoms with E-state index in [1.54, 1.807) is 12.3 Å². The summed E-state index contributed by atoms with van der Waals surface area (Å²) >= 11 is 0. The monoisotopic (exact) mass is 220 g/mol. The fraction of sp³-hybridized carbons (Fsp3) is 0.500. The molecule has 0 unspecified atom stereocenters. The van der Waals surface area contributed by atoms with Crippen molar-refractivity contribution in [1.82, 2.24) is 4.98 Å². The molecule has 0 fully saturated rings. The number of nitrogens with two attached hydrogens (primary N) is 1. The van der Waals surface area contributed by atoms with E-state index >= 15 is 0 Å². The van der Waals surface area contributed by atoms with Gasteiger partial charge in [0.15, 0.2) is 0 Å². The van der Waals surface area contributed by atoms with E-state index in [2.05, 4.69) is 30.7 Å². The van der Waals surface area contributed by atoms with Crippen LogP contribution in [0, 0.1) is 5.41 Å². The Kier molecular flexibility index (Phi) is 4.28. The molecule has 0 amide bonds. The molecule has 0 aliphatic rings. The standard InChI is InChI=1S/C12H20N4/c1-4-7-16(9(2)3)10-5-6-11(12(13)14)15-8-10/h5-6,8-9H,4,7H2,1-3H3,(H3,13,14). The number of hydrogen-bond donors (Lipinski definition) is 2. The molecule has 0 spiro atoms. The largest absolute Gasteiger partial charge is 0.382 e. The molecule has 0 saturated heterocycles. The number of rotatable bonds is 5. The molecule has 4 nitrogen and oxygen atoms in total. The summed E-state index contributed by atoms with van der Waals surface area (Å²) in [5.74, 6) is 0.0122. The quantitative estimate of drug-likeness (QED) is 0.589. The maximum Gasteiger partial charge on any atom is 0.141 e. The lowest BCUT2D eigenvalue weighted by molar-refractivity contribution is 0.670. The predicted octanol–water partition coefficient (Wildman–Crippen LogP) is 1.99. The molecule has 0 atom stereocenters. The van der Waals surface area contributed by atoms with Crippen LogP contribution < -0.4 is 10.6 Å². The Morgan fingerprint density at radius 2 is 2.19 bits per heavy atom. The van der Waals surface area contributed by atoms with Gasteiger partial charge in [-0.05, 0) is 32.4 Å². The van der Waals surface area contributed by atoms with Crippen molar-refractivity contribution in [2.45, 2.75) is 33.2 Å². The predicted molar refractivity (Wildman–Crippen MR) is 68.0 cm³/mol. The van der Waals surface area contributed by atoms with E-state index in [-0.39, 0.29) is 5.84 Å². The third-order valence-corrected chi connectivity index (χ3v) is 2.44. The van der Waals surface area contributed by atoms with Crippen LogP contribution in [0.2, 0.25) is 0 Å². The zero-order chi connectivity index (χ0) is 12.1. The minimum Gasteiger partial charge on any atom is -0.382 e. The average molecular weight is 220 g/mol. The summed E-state index contributed by atoms with van der Waals surface area (Å²) in [6.07, 6.45) is 2.89. The van der Waals surface area contributed by atoms with Gasteiger partial charge in [-0.1, -0.05) is 6.92 Å². The zero-order valence-corrected chi connectivity index (χ0v) is 10.2. The molecule has 4 heteroatoms. The van der Waals surface area contributed by atoms with Gasteiger partial charge < -0.3 is 10.6 Å². The molecule has 16 heavy (non-hydrogen) atoms. The van der Waals surface area contributed by atoms with E-state index in [1.807, 2.05) is 6.07 Å². The minimum absolute atomic E-state index is 0.0122. The summed E-state index contributed by atoms with van der Waals surface area (Å²) in [5.41, 5.74) is 6.98. The smallest absolute Gasteiger partial charge is 0.141 e. The van der Waals surface area contributed by atoms with E-state index < -0.39 is 0 Å². The topological polar surface area (TPSA) is 66.0 Å². The van der Waals surface area contributed by atoms with Gasteiger partial charge in [-0.15, -0.1) is 0 Å². The van der Waals surface area contributed by atoms with Crippen LogP contribution in [0.1, 0.15) is 32.9 Å². The zero-order valence-electron chi connectivity index (χ0n) is 10.2. The summed E-state index contributed by atoms with van der Waals surface area (Å²) in [4.78, 5) is 6.46. The molecule has 0 aliphatic carbocycles. The van der Waals surface area contributed by atoms with Gasteiger partial charge in [-0.25, -0.2) is 0 Å². The van der Waals surface area contributed by atoms with Gasteiger partial charge in [0.25, 0.3) is 0 Å². The normalized spacial score (nSPS) is 10.5. The van der Waals surface area contributed by atoms with Crippen molar-refractivity contribution >= 4 is 11.5 Å². The van der Waals surface area contributed by atoms with Crippen LogP contribution in [0.5, 0.6) is 0 Å². The molecule has 88 valence electrons. The Hall–Kier alpha value is -1.58. The van der Waals surface area contributed by atoms with E-state index in [0.717, 1.165) is 18.7 Å². The Labute approximate surface area is 97.0 Å². The SMILES string of the molecule is CCCN(c1ccc(C(=N)N)nc1)C(C)C. The van der Waals surface area contributed by atoms with Crippen molar-refractivity contribution in [3.8, 4) is 0 Å². The van der Waals surface area contributed by atoms with E-state index in [0.29, 0.717) is 11.7 Å². The van der Waals surface area contributed by atoms with Crippen LogP contribution in [0.4, 0.5) is 5.69 Å². The fourth-order valence-electron chi connectivity index (χ4n) is 1.64. The second-order valence-corrected chi connectivity index (χ2v) is 4.10. The Morgan fingerprint density at radius 1 is 1.50 bits per heavy atom. The first-order valence-corrected chi connectivity index (χ1v) is 5.63. The van der Waals surface area contributed by atoms with Crippen molar-refractivity contribution < 1.29 is 0 Å². The number of pyridine rings is 1. The second kappa shape index (κ2) is 5.49. The Balaban J connectivity index is 2.89. The molecular weight excluding hydrogens is 200 g/mol. The highest BCUT2D eigenvalue weighted by Crippen LogP contribution is 2.16. The number of hydrogen-bond acceptors (Lipinski definition) is 3. The second-order valence-electron chi connectivity index (χ2n) is 4.10. The summed E-state index contributed by atoms with van der Waals surface area (Å²) < 4.78 is 0. The maximum absolute atomic E-state index is 7.28. The number of nitrogen functional groups attached to an aromatic ring is 1.